The van der Waals surface area contributed by atoms with Crippen LogP contribution in [0.3, 0.4) is 0 Å². The van der Waals surface area contributed by atoms with Crippen LogP contribution in [0.2, 0.25) is 0 Å². The first-order valence-corrected chi connectivity index (χ1v) is 8.44. The first-order chi connectivity index (χ1) is 8.63. The maximum Gasteiger partial charge on any atom is -0.0386 e. The molecule has 0 aromatic heterocycles. The van der Waals surface area contributed by atoms with Crippen molar-refractivity contribution < 1.29 is 0 Å². The van der Waals surface area contributed by atoms with Crippen molar-refractivity contribution in [3.63, 3.8) is 0 Å². The van der Waals surface area contributed by atoms with Gasteiger partial charge in [-0.05, 0) is 18.3 Å². The summed E-state index contributed by atoms with van der Waals surface area (Å²) >= 11 is 0. The van der Waals surface area contributed by atoms with Crippen molar-refractivity contribution in [2.45, 2.75) is 98.3 Å². The van der Waals surface area contributed by atoms with Gasteiger partial charge in [-0.2, -0.15) is 0 Å². The van der Waals surface area contributed by atoms with Crippen LogP contribution >= 0.6 is 0 Å². The molecular formula is C18H37. The Balaban J connectivity index is 2.95. The van der Waals surface area contributed by atoms with E-state index in [4.69, 9.17) is 0 Å². The average Bonchev–Trinajstić information content (AvgIpc) is 2.29. The summed E-state index contributed by atoms with van der Waals surface area (Å²) in [5.74, 6) is 1.78. The second-order valence-electron chi connectivity index (χ2n) is 6.71. The molecule has 0 spiro atoms. The third-order valence-electron chi connectivity index (χ3n) is 3.63. The lowest BCUT2D eigenvalue weighted by Crippen LogP contribution is -1.88. The summed E-state index contributed by atoms with van der Waals surface area (Å²) in [7, 11) is 0. The summed E-state index contributed by atoms with van der Waals surface area (Å²) in [5, 5.41) is 0. The Morgan fingerprint density at radius 1 is 0.556 bits per heavy atom. The van der Waals surface area contributed by atoms with Gasteiger partial charge in [-0.15, -0.1) is 0 Å². The molecule has 0 nitrogen and oxygen atoms in total. The van der Waals surface area contributed by atoms with Gasteiger partial charge < -0.3 is 0 Å². The Bertz CT molecular complexity index is 128. The van der Waals surface area contributed by atoms with E-state index in [9.17, 15) is 0 Å². The highest BCUT2D eigenvalue weighted by molar-refractivity contribution is 4.64. The monoisotopic (exact) mass is 253 g/mol. The zero-order valence-corrected chi connectivity index (χ0v) is 13.5. The Morgan fingerprint density at radius 3 is 1.39 bits per heavy atom. The molecule has 0 saturated carbocycles. The van der Waals surface area contributed by atoms with Crippen LogP contribution in [0.4, 0.5) is 0 Å². The van der Waals surface area contributed by atoms with E-state index in [1.165, 1.54) is 70.6 Å². The molecule has 0 aliphatic heterocycles. The van der Waals surface area contributed by atoms with E-state index in [-0.39, 0.29) is 0 Å². The van der Waals surface area contributed by atoms with E-state index in [1.54, 1.807) is 0 Å². The molecule has 0 unspecified atom stereocenters. The summed E-state index contributed by atoms with van der Waals surface area (Å²) in [4.78, 5) is 0. The molecule has 0 aromatic rings. The van der Waals surface area contributed by atoms with Crippen molar-refractivity contribution in [1.29, 1.82) is 0 Å². The molecule has 0 amide bonds. The predicted octanol–water partition coefficient (Wildman–Crippen LogP) is 6.79. The van der Waals surface area contributed by atoms with E-state index in [1.807, 2.05) is 0 Å². The molecule has 0 bridgehead atoms. The highest BCUT2D eigenvalue weighted by Crippen LogP contribution is 2.14. The fourth-order valence-electron chi connectivity index (χ4n) is 2.36. The fourth-order valence-corrected chi connectivity index (χ4v) is 2.36. The van der Waals surface area contributed by atoms with E-state index < -0.39 is 0 Å². The van der Waals surface area contributed by atoms with Crippen molar-refractivity contribution in [2.75, 3.05) is 0 Å². The molecule has 18 heavy (non-hydrogen) atoms. The smallest absolute Gasteiger partial charge is 0.0386 e. The minimum absolute atomic E-state index is 0.889. The molecule has 0 aliphatic rings. The molecule has 0 rings (SSSR count). The molecule has 0 heterocycles. The van der Waals surface area contributed by atoms with Crippen molar-refractivity contribution in [3.8, 4) is 0 Å². The van der Waals surface area contributed by atoms with E-state index in [0.29, 0.717) is 0 Å². The van der Waals surface area contributed by atoms with Crippen molar-refractivity contribution in [3.05, 3.63) is 6.42 Å². The molecule has 109 valence electrons. The maximum atomic E-state index is 2.53. The number of hydrogen-bond donors (Lipinski definition) is 0. The Hall–Kier alpha value is 0. The van der Waals surface area contributed by atoms with Crippen molar-refractivity contribution in [1.82, 2.24) is 0 Å². The van der Waals surface area contributed by atoms with Gasteiger partial charge in [0.15, 0.2) is 0 Å². The minimum atomic E-state index is 0.889. The number of unbranched alkanes of at least 4 members (excludes halogenated alkanes) is 9. The Labute approximate surface area is 117 Å². The molecule has 0 fully saturated rings. The third kappa shape index (κ3) is 16.0. The van der Waals surface area contributed by atoms with Gasteiger partial charge in [0.25, 0.3) is 0 Å². The van der Waals surface area contributed by atoms with Crippen LogP contribution in [0.1, 0.15) is 98.3 Å². The van der Waals surface area contributed by atoms with Crippen LogP contribution in [-0.2, 0) is 0 Å². The van der Waals surface area contributed by atoms with Gasteiger partial charge in [-0.25, -0.2) is 0 Å². The quantitative estimate of drug-likeness (QED) is 0.317. The zero-order valence-electron chi connectivity index (χ0n) is 13.5. The van der Waals surface area contributed by atoms with Crippen LogP contribution in [0, 0.1) is 18.3 Å². The lowest BCUT2D eigenvalue weighted by Gasteiger charge is -2.05. The summed E-state index contributed by atoms with van der Waals surface area (Å²) < 4.78 is 0. The molecule has 0 atom stereocenters. The van der Waals surface area contributed by atoms with Gasteiger partial charge in [0, 0.05) is 0 Å². The zero-order chi connectivity index (χ0) is 13.6. The standard InChI is InChI=1S/C18H37/c1-17(2)15-13-11-9-7-5-6-8-10-12-14-16-18(3)4/h5,17-18H,6-16H2,1-4H3. The Morgan fingerprint density at radius 2 is 0.944 bits per heavy atom. The van der Waals surface area contributed by atoms with Gasteiger partial charge in [-0.1, -0.05) is 98.3 Å². The molecule has 0 heteroatoms. The van der Waals surface area contributed by atoms with Crippen LogP contribution in [0.5, 0.6) is 0 Å². The molecule has 0 saturated heterocycles. The number of rotatable bonds is 13. The normalized spacial score (nSPS) is 11.7. The predicted molar refractivity (Wildman–Crippen MR) is 84.8 cm³/mol. The first-order valence-electron chi connectivity index (χ1n) is 8.44. The van der Waals surface area contributed by atoms with Gasteiger partial charge in [0.1, 0.15) is 0 Å². The molecule has 0 aromatic carbocycles. The first kappa shape index (κ1) is 18.0. The topological polar surface area (TPSA) is 0 Å². The van der Waals surface area contributed by atoms with Crippen LogP contribution in [-0.4, -0.2) is 0 Å². The van der Waals surface area contributed by atoms with Crippen LogP contribution in [0.25, 0.3) is 0 Å². The van der Waals surface area contributed by atoms with Crippen LogP contribution in [0.15, 0.2) is 0 Å². The lowest BCUT2D eigenvalue weighted by atomic mass is 10.0. The molecule has 0 N–H and O–H groups in total. The van der Waals surface area contributed by atoms with Gasteiger partial charge in [0.05, 0.1) is 0 Å². The number of hydrogen-bond acceptors (Lipinski definition) is 0. The largest absolute Gasteiger partial charge is 0.0628 e. The van der Waals surface area contributed by atoms with Gasteiger partial charge in [0.2, 0.25) is 0 Å². The summed E-state index contributed by atoms with van der Waals surface area (Å²) in [5.41, 5.74) is 0. The van der Waals surface area contributed by atoms with Crippen molar-refractivity contribution >= 4 is 0 Å². The average molecular weight is 253 g/mol. The lowest BCUT2D eigenvalue weighted by molar-refractivity contribution is 0.513. The van der Waals surface area contributed by atoms with E-state index in [0.717, 1.165) is 11.8 Å². The van der Waals surface area contributed by atoms with E-state index >= 15 is 0 Å². The molecule has 0 aliphatic carbocycles. The minimum Gasteiger partial charge on any atom is -0.0628 e. The summed E-state index contributed by atoms with van der Waals surface area (Å²) in [6.07, 6.45) is 18.1. The summed E-state index contributed by atoms with van der Waals surface area (Å²) in [6.45, 7) is 9.30. The third-order valence-corrected chi connectivity index (χ3v) is 3.63. The van der Waals surface area contributed by atoms with E-state index in [2.05, 4.69) is 34.1 Å². The highest BCUT2D eigenvalue weighted by Gasteiger charge is 1.96. The maximum absolute atomic E-state index is 2.53. The SMILES string of the molecule is CC(C)CCCCC[CH]CCCCCCC(C)C. The molecular weight excluding hydrogens is 216 g/mol. The fraction of sp³-hybridized carbons (Fsp3) is 0.944. The van der Waals surface area contributed by atoms with Gasteiger partial charge >= 0.3 is 0 Å². The van der Waals surface area contributed by atoms with Gasteiger partial charge in [-0.3, -0.25) is 0 Å². The second-order valence-corrected chi connectivity index (χ2v) is 6.71. The Kier molecular flexibility index (Phi) is 13.4. The highest BCUT2D eigenvalue weighted by atomic mass is 14.0. The molecule has 1 radical (unpaired) electrons. The second kappa shape index (κ2) is 13.4. The van der Waals surface area contributed by atoms with Crippen LogP contribution < -0.4 is 0 Å². The van der Waals surface area contributed by atoms with Crippen molar-refractivity contribution in [2.24, 2.45) is 11.8 Å². The summed E-state index contributed by atoms with van der Waals surface area (Å²) in [6, 6.07) is 0.